The van der Waals surface area contributed by atoms with E-state index in [-0.39, 0.29) is 0 Å². The summed E-state index contributed by atoms with van der Waals surface area (Å²) in [6.45, 7) is 4.31. The van der Waals surface area contributed by atoms with Crippen molar-refractivity contribution in [2.75, 3.05) is 0 Å². The van der Waals surface area contributed by atoms with E-state index in [1.807, 2.05) is 18.4 Å². The maximum absolute atomic E-state index is 5.66. The molecule has 0 aliphatic carbocycles. The molecule has 0 saturated heterocycles. The first-order valence-corrected chi connectivity index (χ1v) is 3.93. The number of nitrogens with two attached hydrogens (primary N) is 1. The fourth-order valence-corrected chi connectivity index (χ4v) is 1.04. The summed E-state index contributed by atoms with van der Waals surface area (Å²) in [6, 6.07) is 0. The van der Waals surface area contributed by atoms with Gasteiger partial charge in [-0.25, -0.2) is 11.0 Å². The molecule has 1 atom stereocenters. The number of hydrazine groups is 2. The van der Waals surface area contributed by atoms with Gasteiger partial charge in [0.15, 0.2) is 0 Å². The number of rotatable bonds is 2. The molecular weight excluding hydrogens is 138 g/mol. The summed E-state index contributed by atoms with van der Waals surface area (Å²) in [4.78, 5) is 0. The van der Waals surface area contributed by atoms with Gasteiger partial charge in [-0.3, -0.25) is 5.43 Å². The highest BCUT2D eigenvalue weighted by Crippen LogP contribution is 2.16. The molecule has 0 aromatic carbocycles. The van der Waals surface area contributed by atoms with E-state index >= 15 is 0 Å². The highest BCUT2D eigenvalue weighted by Gasteiger charge is 2.11. The Balaban J connectivity index is 2.67. The summed E-state index contributed by atoms with van der Waals surface area (Å²) < 4.78 is 0. The van der Waals surface area contributed by atoms with Crippen molar-refractivity contribution in [1.82, 2.24) is 10.5 Å². The van der Waals surface area contributed by atoms with Gasteiger partial charge < -0.3 is 0 Å². The molecule has 1 unspecified atom stereocenters. The second-order valence-electron chi connectivity index (χ2n) is 2.76. The van der Waals surface area contributed by atoms with E-state index in [0.717, 1.165) is 12.1 Å². The molecule has 0 amide bonds. The smallest absolute Gasteiger partial charge is 0.0556 e. The first kappa shape index (κ1) is 8.14. The molecule has 0 fully saturated rings. The van der Waals surface area contributed by atoms with Crippen LogP contribution in [0.4, 0.5) is 0 Å². The van der Waals surface area contributed by atoms with E-state index in [1.165, 1.54) is 0 Å². The molecule has 1 rings (SSSR count). The van der Waals surface area contributed by atoms with Gasteiger partial charge in [-0.05, 0) is 24.5 Å². The van der Waals surface area contributed by atoms with Crippen LogP contribution in [0.25, 0.3) is 0 Å². The lowest BCUT2D eigenvalue weighted by atomic mass is 10.0. The van der Waals surface area contributed by atoms with E-state index in [2.05, 4.69) is 19.3 Å². The Morgan fingerprint density at radius 2 is 2.45 bits per heavy atom. The van der Waals surface area contributed by atoms with Crippen LogP contribution in [0.2, 0.25) is 0 Å². The van der Waals surface area contributed by atoms with Gasteiger partial charge in [0.2, 0.25) is 0 Å². The van der Waals surface area contributed by atoms with Crippen molar-refractivity contribution in [3.05, 3.63) is 24.0 Å². The summed E-state index contributed by atoms with van der Waals surface area (Å²) in [5.41, 5.74) is 4.04. The number of hydrogen-bond donors (Lipinski definition) is 2. The first-order chi connectivity index (χ1) is 5.25. The molecule has 11 heavy (non-hydrogen) atoms. The van der Waals surface area contributed by atoms with Gasteiger partial charge in [-0.2, -0.15) is 0 Å². The number of nitrogens with one attached hydrogen (secondary N) is 1. The van der Waals surface area contributed by atoms with Gasteiger partial charge in [-0.1, -0.05) is 13.8 Å². The number of hydrogen-bond acceptors (Lipinski definition) is 3. The van der Waals surface area contributed by atoms with E-state index in [4.69, 9.17) is 5.84 Å². The Morgan fingerprint density at radius 1 is 1.73 bits per heavy atom. The lowest BCUT2D eigenvalue weighted by molar-refractivity contribution is 0.257. The molecule has 0 radical (unpaired) electrons. The summed E-state index contributed by atoms with van der Waals surface area (Å²) in [6.07, 6.45) is 6.91. The summed E-state index contributed by atoms with van der Waals surface area (Å²) in [7, 11) is 0. The van der Waals surface area contributed by atoms with Crippen LogP contribution in [-0.2, 0) is 0 Å². The van der Waals surface area contributed by atoms with Gasteiger partial charge in [0.1, 0.15) is 0 Å². The fourth-order valence-electron chi connectivity index (χ4n) is 1.04. The van der Waals surface area contributed by atoms with Gasteiger partial charge in [0.05, 0.1) is 5.70 Å². The lowest BCUT2D eigenvalue weighted by Crippen LogP contribution is -2.42. The van der Waals surface area contributed by atoms with Crippen LogP contribution in [-0.4, -0.2) is 5.12 Å². The second-order valence-corrected chi connectivity index (χ2v) is 2.76. The number of allylic oxidation sites excluding steroid dienone is 3. The molecule has 0 bridgehead atoms. The highest BCUT2D eigenvalue weighted by molar-refractivity contribution is 5.15. The van der Waals surface area contributed by atoms with Crippen molar-refractivity contribution < 1.29 is 0 Å². The van der Waals surface area contributed by atoms with Crippen LogP contribution >= 0.6 is 0 Å². The highest BCUT2D eigenvalue weighted by atomic mass is 15.7. The molecule has 0 aromatic heterocycles. The predicted octanol–water partition coefficient (Wildman–Crippen LogP) is 1.12. The van der Waals surface area contributed by atoms with E-state index < -0.39 is 0 Å². The van der Waals surface area contributed by atoms with Crippen molar-refractivity contribution in [2.45, 2.75) is 20.3 Å². The molecule has 0 spiro atoms. The quantitative estimate of drug-likeness (QED) is 0.584. The van der Waals surface area contributed by atoms with Gasteiger partial charge in [0.25, 0.3) is 0 Å². The van der Waals surface area contributed by atoms with Crippen molar-refractivity contribution in [3.63, 3.8) is 0 Å². The van der Waals surface area contributed by atoms with Crippen LogP contribution in [0.5, 0.6) is 0 Å². The first-order valence-electron chi connectivity index (χ1n) is 3.93. The topological polar surface area (TPSA) is 41.3 Å². The van der Waals surface area contributed by atoms with E-state index in [0.29, 0.717) is 5.92 Å². The molecule has 3 heteroatoms. The van der Waals surface area contributed by atoms with Gasteiger partial charge >= 0.3 is 0 Å². The van der Waals surface area contributed by atoms with Crippen molar-refractivity contribution in [2.24, 2.45) is 11.8 Å². The van der Waals surface area contributed by atoms with Crippen molar-refractivity contribution >= 4 is 0 Å². The average molecular weight is 153 g/mol. The average Bonchev–Trinajstić information content (AvgIpc) is 2.04. The normalized spacial score (nSPS) is 19.2. The summed E-state index contributed by atoms with van der Waals surface area (Å²) >= 11 is 0. The molecule has 3 nitrogen and oxygen atoms in total. The molecule has 0 aromatic rings. The minimum atomic E-state index is 0.512. The van der Waals surface area contributed by atoms with Crippen molar-refractivity contribution in [3.8, 4) is 0 Å². The standard InChI is InChI=1S/C8H15N3/c1-3-7(2)8-5-4-6-10-11(8)9/h4-7,10H,3,9H2,1-2H3. The van der Waals surface area contributed by atoms with Crippen LogP contribution in [0.3, 0.4) is 0 Å². The lowest BCUT2D eigenvalue weighted by Gasteiger charge is -2.27. The monoisotopic (exact) mass is 153 g/mol. The minimum Gasteiger partial charge on any atom is -0.292 e. The molecule has 1 aliphatic rings. The van der Waals surface area contributed by atoms with E-state index in [9.17, 15) is 0 Å². The largest absolute Gasteiger partial charge is 0.292 e. The SMILES string of the molecule is CCC(C)C1=CC=CNN1N. The summed E-state index contributed by atoms with van der Waals surface area (Å²) in [5.74, 6) is 6.17. The second kappa shape index (κ2) is 3.44. The molecular formula is C8H15N3. The minimum absolute atomic E-state index is 0.512. The van der Waals surface area contributed by atoms with Gasteiger partial charge in [-0.15, -0.1) is 0 Å². The zero-order chi connectivity index (χ0) is 8.27. The molecule has 3 N–H and O–H groups in total. The zero-order valence-corrected chi connectivity index (χ0v) is 7.04. The Labute approximate surface area is 67.5 Å². The Kier molecular flexibility index (Phi) is 2.54. The predicted molar refractivity (Wildman–Crippen MR) is 45.8 cm³/mol. The maximum Gasteiger partial charge on any atom is 0.0556 e. The fraction of sp³-hybridized carbons (Fsp3) is 0.500. The van der Waals surface area contributed by atoms with Crippen LogP contribution in [0, 0.1) is 5.92 Å². The van der Waals surface area contributed by atoms with Crippen LogP contribution in [0.1, 0.15) is 20.3 Å². The Morgan fingerprint density at radius 3 is 3.00 bits per heavy atom. The molecule has 0 saturated carbocycles. The molecule has 1 heterocycles. The summed E-state index contributed by atoms with van der Waals surface area (Å²) in [5, 5.41) is 1.56. The van der Waals surface area contributed by atoms with Gasteiger partial charge in [0, 0.05) is 6.20 Å². The Hall–Kier alpha value is -0.960. The van der Waals surface area contributed by atoms with E-state index in [1.54, 1.807) is 5.12 Å². The third-order valence-electron chi connectivity index (χ3n) is 1.97. The number of nitrogens with zero attached hydrogens (tertiary/aromatic N) is 1. The third-order valence-corrected chi connectivity index (χ3v) is 1.97. The third kappa shape index (κ3) is 1.74. The zero-order valence-electron chi connectivity index (χ0n) is 7.04. The van der Waals surface area contributed by atoms with Crippen LogP contribution in [0.15, 0.2) is 24.0 Å². The van der Waals surface area contributed by atoms with Crippen molar-refractivity contribution in [1.29, 1.82) is 0 Å². The maximum atomic E-state index is 5.66. The molecule has 1 aliphatic heterocycles. The Bertz CT molecular complexity index is 184. The van der Waals surface area contributed by atoms with Crippen LogP contribution < -0.4 is 11.3 Å². The molecule has 62 valence electrons.